The Morgan fingerprint density at radius 2 is 1.50 bits per heavy atom. The van der Waals surface area contributed by atoms with Crippen molar-refractivity contribution < 1.29 is 19.1 Å². The molecule has 2 heterocycles. The molecule has 174 valence electrons. The van der Waals surface area contributed by atoms with E-state index in [1.54, 1.807) is 31.4 Å². The molecule has 3 fully saturated rings. The van der Waals surface area contributed by atoms with E-state index in [2.05, 4.69) is 17.1 Å². The van der Waals surface area contributed by atoms with E-state index in [-0.39, 0.29) is 41.4 Å². The number of hydrogen-bond donors (Lipinski definition) is 0. The van der Waals surface area contributed by atoms with Gasteiger partial charge in [0.1, 0.15) is 5.75 Å². The molecule has 3 amide bonds. The van der Waals surface area contributed by atoms with Gasteiger partial charge in [-0.1, -0.05) is 18.2 Å². The minimum atomic E-state index is -0.243. The van der Waals surface area contributed by atoms with Crippen LogP contribution in [-0.4, -0.2) is 55.9 Å². The highest BCUT2D eigenvalue weighted by atomic mass is 16.5. The molecule has 2 bridgehead atoms. The number of carbonyl (C=O) groups excluding carboxylic acids is 3. The quantitative estimate of drug-likeness (QED) is 0.522. The molecule has 2 aromatic rings. The van der Waals surface area contributed by atoms with Crippen molar-refractivity contribution in [3.8, 4) is 5.75 Å². The molecule has 0 unspecified atom stereocenters. The molecule has 0 aromatic heterocycles. The van der Waals surface area contributed by atoms with E-state index in [1.165, 1.54) is 4.90 Å². The van der Waals surface area contributed by atoms with Crippen LogP contribution in [0.5, 0.6) is 5.75 Å². The Morgan fingerprint density at radius 3 is 2.12 bits per heavy atom. The molecule has 4 aliphatic rings. The summed E-state index contributed by atoms with van der Waals surface area (Å²) in [5, 5.41) is 0. The molecular formula is C27H27N3O4. The maximum absolute atomic E-state index is 13.3. The number of fused-ring (bicyclic) bond motifs is 5. The first-order chi connectivity index (χ1) is 16.5. The number of nitrogens with zero attached hydrogens (tertiary/aromatic N) is 3. The zero-order valence-corrected chi connectivity index (χ0v) is 19.1. The summed E-state index contributed by atoms with van der Waals surface area (Å²) in [5.74, 6) is 0.360. The van der Waals surface area contributed by atoms with Crippen LogP contribution >= 0.6 is 0 Å². The maximum Gasteiger partial charge on any atom is 0.254 e. The minimum absolute atomic E-state index is 0.0720. The Labute approximate surface area is 198 Å². The Morgan fingerprint density at radius 1 is 0.853 bits per heavy atom. The molecule has 0 N–H and O–H groups in total. The van der Waals surface area contributed by atoms with E-state index in [4.69, 9.17) is 4.74 Å². The van der Waals surface area contributed by atoms with E-state index in [0.717, 1.165) is 30.9 Å². The summed E-state index contributed by atoms with van der Waals surface area (Å²) < 4.78 is 5.23. The van der Waals surface area contributed by atoms with Gasteiger partial charge in [-0.25, -0.2) is 4.90 Å². The molecule has 1 saturated carbocycles. The normalized spacial score (nSPS) is 27.5. The zero-order valence-electron chi connectivity index (χ0n) is 19.1. The summed E-state index contributed by atoms with van der Waals surface area (Å²) >= 11 is 0. The fourth-order valence-electron chi connectivity index (χ4n) is 6.08. The Kier molecular flexibility index (Phi) is 4.94. The largest absolute Gasteiger partial charge is 0.497 e. The van der Waals surface area contributed by atoms with Crippen molar-refractivity contribution >= 4 is 29.1 Å². The Hall–Kier alpha value is -3.61. The van der Waals surface area contributed by atoms with Crippen LogP contribution in [0.3, 0.4) is 0 Å². The second kappa shape index (κ2) is 8.01. The van der Waals surface area contributed by atoms with Crippen LogP contribution in [0.4, 0.5) is 11.4 Å². The molecule has 34 heavy (non-hydrogen) atoms. The number of imide groups is 1. The van der Waals surface area contributed by atoms with Crippen LogP contribution in [0.25, 0.3) is 0 Å². The van der Waals surface area contributed by atoms with Gasteiger partial charge in [0.25, 0.3) is 5.91 Å². The molecule has 4 atom stereocenters. The zero-order chi connectivity index (χ0) is 23.4. The third-order valence-electron chi connectivity index (χ3n) is 7.83. The molecular weight excluding hydrogens is 430 g/mol. The lowest BCUT2D eigenvalue weighted by molar-refractivity contribution is -0.123. The predicted octanol–water partition coefficient (Wildman–Crippen LogP) is 2.97. The summed E-state index contributed by atoms with van der Waals surface area (Å²) in [6.45, 7) is 2.69. The Bertz CT molecular complexity index is 1150. The average molecular weight is 458 g/mol. The highest BCUT2D eigenvalue weighted by Crippen LogP contribution is 2.53. The lowest BCUT2D eigenvalue weighted by Crippen LogP contribution is -2.48. The summed E-state index contributed by atoms with van der Waals surface area (Å²) in [6, 6.07) is 14.9. The standard InChI is InChI=1S/C27H27N3O4/c1-34-22-9-7-20(8-10-22)28-11-13-29(14-12-28)25(31)19-3-2-4-21(16-19)30-26(32)23-17-5-6-18(15-17)24(23)27(30)33/h2-10,16-18,23-24H,11-15H2,1H3/t17-,18-,23-,24-/m0/s1. The number of rotatable bonds is 4. The molecule has 7 heteroatoms. The smallest absolute Gasteiger partial charge is 0.254 e. The van der Waals surface area contributed by atoms with Gasteiger partial charge in [-0.3, -0.25) is 14.4 Å². The highest BCUT2D eigenvalue weighted by Gasteiger charge is 2.59. The summed E-state index contributed by atoms with van der Waals surface area (Å²) in [4.78, 5) is 45.0. The van der Waals surface area contributed by atoms with E-state index < -0.39 is 0 Å². The fourth-order valence-corrected chi connectivity index (χ4v) is 6.08. The van der Waals surface area contributed by atoms with Crippen LogP contribution in [0.2, 0.25) is 0 Å². The van der Waals surface area contributed by atoms with Crippen molar-refractivity contribution in [3.05, 3.63) is 66.2 Å². The number of anilines is 2. The van der Waals surface area contributed by atoms with Gasteiger partial charge in [0.05, 0.1) is 24.6 Å². The first-order valence-corrected chi connectivity index (χ1v) is 11.9. The van der Waals surface area contributed by atoms with Gasteiger partial charge in [-0.2, -0.15) is 0 Å². The van der Waals surface area contributed by atoms with Crippen molar-refractivity contribution in [2.75, 3.05) is 43.1 Å². The van der Waals surface area contributed by atoms with E-state index >= 15 is 0 Å². The molecule has 7 nitrogen and oxygen atoms in total. The molecule has 2 saturated heterocycles. The SMILES string of the molecule is COc1ccc(N2CCN(C(=O)c3cccc(N4C(=O)[C@@H]5[C@@H](C4=O)[C@H]4C=C[C@H]5C4)c3)CC2)cc1. The lowest BCUT2D eigenvalue weighted by atomic mass is 9.85. The topological polar surface area (TPSA) is 70.2 Å². The third-order valence-corrected chi connectivity index (χ3v) is 7.83. The van der Waals surface area contributed by atoms with Crippen LogP contribution in [0.1, 0.15) is 16.8 Å². The first-order valence-electron chi connectivity index (χ1n) is 11.9. The molecule has 0 spiro atoms. The molecule has 0 radical (unpaired) electrons. The second-order valence-electron chi connectivity index (χ2n) is 9.54. The number of carbonyl (C=O) groups is 3. The van der Waals surface area contributed by atoms with Gasteiger partial charge < -0.3 is 14.5 Å². The number of piperazine rings is 1. The number of benzene rings is 2. The van der Waals surface area contributed by atoms with E-state index in [9.17, 15) is 14.4 Å². The van der Waals surface area contributed by atoms with Crippen LogP contribution in [0, 0.1) is 23.7 Å². The lowest BCUT2D eigenvalue weighted by Gasteiger charge is -2.36. The first kappa shape index (κ1) is 21.0. The summed E-state index contributed by atoms with van der Waals surface area (Å²) in [5.41, 5.74) is 2.12. The van der Waals surface area contributed by atoms with Crippen LogP contribution < -0.4 is 14.5 Å². The van der Waals surface area contributed by atoms with Crippen LogP contribution in [-0.2, 0) is 9.59 Å². The predicted molar refractivity (Wildman–Crippen MR) is 128 cm³/mol. The molecule has 2 aromatic carbocycles. The fraction of sp³-hybridized carbons (Fsp3) is 0.370. The monoisotopic (exact) mass is 457 g/mol. The van der Waals surface area contributed by atoms with Crippen molar-refractivity contribution in [2.45, 2.75) is 6.42 Å². The number of ether oxygens (including phenoxy) is 1. The van der Waals surface area contributed by atoms with Gasteiger partial charge >= 0.3 is 0 Å². The van der Waals surface area contributed by atoms with E-state index in [0.29, 0.717) is 24.3 Å². The number of amides is 3. The second-order valence-corrected chi connectivity index (χ2v) is 9.54. The molecule has 6 rings (SSSR count). The van der Waals surface area contributed by atoms with E-state index in [1.807, 2.05) is 29.2 Å². The number of allylic oxidation sites excluding steroid dienone is 2. The summed E-state index contributed by atoms with van der Waals surface area (Å²) in [6.07, 6.45) is 5.08. The highest BCUT2D eigenvalue weighted by molar-refractivity contribution is 6.23. The van der Waals surface area contributed by atoms with Crippen molar-refractivity contribution in [2.24, 2.45) is 23.7 Å². The van der Waals surface area contributed by atoms with Crippen molar-refractivity contribution in [1.82, 2.24) is 4.90 Å². The Balaban J connectivity index is 1.15. The summed E-state index contributed by atoms with van der Waals surface area (Å²) in [7, 11) is 1.65. The van der Waals surface area contributed by atoms with Gasteiger partial charge in [0, 0.05) is 37.4 Å². The van der Waals surface area contributed by atoms with Gasteiger partial charge in [0.2, 0.25) is 11.8 Å². The van der Waals surface area contributed by atoms with Gasteiger partial charge in [0.15, 0.2) is 0 Å². The number of methoxy groups -OCH3 is 1. The molecule has 2 aliphatic heterocycles. The van der Waals surface area contributed by atoms with Crippen LogP contribution in [0.15, 0.2) is 60.7 Å². The van der Waals surface area contributed by atoms with Crippen molar-refractivity contribution in [3.63, 3.8) is 0 Å². The maximum atomic E-state index is 13.3. The average Bonchev–Trinajstić information content (AvgIpc) is 3.57. The number of hydrogen-bond acceptors (Lipinski definition) is 5. The van der Waals surface area contributed by atoms with Crippen molar-refractivity contribution in [1.29, 1.82) is 0 Å². The minimum Gasteiger partial charge on any atom is -0.497 e. The third kappa shape index (κ3) is 3.22. The molecule has 2 aliphatic carbocycles. The van der Waals surface area contributed by atoms with Gasteiger partial charge in [-0.15, -0.1) is 0 Å². The van der Waals surface area contributed by atoms with Gasteiger partial charge in [-0.05, 0) is 60.7 Å².